The van der Waals surface area contributed by atoms with Crippen molar-refractivity contribution in [3.8, 4) is 0 Å². The van der Waals surface area contributed by atoms with Crippen LogP contribution in [0, 0.1) is 5.41 Å². The van der Waals surface area contributed by atoms with E-state index >= 15 is 0 Å². The van der Waals surface area contributed by atoms with Gasteiger partial charge in [0.2, 0.25) is 0 Å². The molecule has 8 heavy (non-hydrogen) atoms. The maximum absolute atomic E-state index is 4.06. The van der Waals surface area contributed by atoms with Gasteiger partial charge in [-0.25, -0.2) is 0 Å². The van der Waals surface area contributed by atoms with Gasteiger partial charge >= 0.3 is 0 Å². The van der Waals surface area contributed by atoms with Crippen LogP contribution in [0.2, 0.25) is 0 Å². The minimum Gasteiger partial charge on any atom is -0.110 e. The van der Waals surface area contributed by atoms with Crippen molar-refractivity contribution in [2.45, 2.75) is 26.7 Å². The largest absolute Gasteiger partial charge is 0.275 e. The molecule has 0 bridgehead atoms. The van der Waals surface area contributed by atoms with Crippen LogP contribution in [0.3, 0.4) is 0 Å². The summed E-state index contributed by atoms with van der Waals surface area (Å²) in [5.41, 5.74) is 0.389. The smallest absolute Gasteiger partial charge is 0.110 e. The molecule has 0 amide bonds. The van der Waals surface area contributed by atoms with E-state index in [1.54, 1.807) is 0 Å². The van der Waals surface area contributed by atoms with E-state index in [2.05, 4.69) is 18.5 Å². The van der Waals surface area contributed by atoms with Crippen molar-refractivity contribution in [1.82, 2.24) is 4.67 Å². The van der Waals surface area contributed by atoms with Gasteiger partial charge in [0.15, 0.2) is 0 Å². The molecule has 1 aliphatic rings. The average molecular weight is 110 g/mol. The first kappa shape index (κ1) is 5.58. The Hall–Kier alpha value is -0.550. The molecule has 1 heteroatoms. The van der Waals surface area contributed by atoms with Gasteiger partial charge in [-0.3, -0.25) is 0 Å². The van der Waals surface area contributed by atoms with Crippen molar-refractivity contribution in [3.05, 3.63) is 0 Å². The molecule has 1 unspecified atom stereocenters. The van der Waals surface area contributed by atoms with Crippen molar-refractivity contribution in [2.75, 3.05) is 0 Å². The second-order valence-electron chi connectivity index (χ2n) is 2.67. The van der Waals surface area contributed by atoms with E-state index in [1.807, 2.05) is 12.4 Å². The summed E-state index contributed by atoms with van der Waals surface area (Å²) < 4.78 is 4.06. The number of hydrogen-bond donors (Lipinski definition) is 0. The molecular formula is C7H12N+. The third-order valence-electron chi connectivity index (χ3n) is 1.86. The summed E-state index contributed by atoms with van der Waals surface area (Å²) in [5.74, 6) is 0. The fourth-order valence-electron chi connectivity index (χ4n) is 0.782. The normalized spacial score (nSPS) is 34.2. The molecule has 0 aromatic rings. The van der Waals surface area contributed by atoms with Crippen LogP contribution >= 0.6 is 0 Å². The summed E-state index contributed by atoms with van der Waals surface area (Å²) in [7, 11) is 0. The molecule has 0 aromatic heterocycles. The standard InChI is InChI=1S/C7H12N/c1-3-7(2)4-5-8-6-7/h5-6H,3-4H2,1-2H3/q+1. The van der Waals surface area contributed by atoms with Gasteiger partial charge in [-0.15, -0.1) is 4.67 Å². The van der Waals surface area contributed by atoms with E-state index in [9.17, 15) is 0 Å². The number of hydrogen-bond acceptors (Lipinski definition) is 0. The highest BCUT2D eigenvalue weighted by Crippen LogP contribution is 2.21. The molecule has 0 radical (unpaired) electrons. The third-order valence-corrected chi connectivity index (χ3v) is 1.86. The zero-order valence-electron chi connectivity index (χ0n) is 5.52. The lowest BCUT2D eigenvalue weighted by Crippen LogP contribution is -2.13. The molecule has 1 atom stereocenters. The Bertz CT molecular complexity index is 142. The molecule has 1 heterocycles. The van der Waals surface area contributed by atoms with Crippen LogP contribution in [0.1, 0.15) is 26.7 Å². The molecule has 0 aromatic carbocycles. The van der Waals surface area contributed by atoms with Crippen LogP contribution in [-0.2, 0) is 0 Å². The highest BCUT2D eigenvalue weighted by molar-refractivity contribution is 5.79. The zero-order valence-corrected chi connectivity index (χ0v) is 5.52. The van der Waals surface area contributed by atoms with Crippen LogP contribution < -0.4 is 4.67 Å². The minimum absolute atomic E-state index is 0.389. The van der Waals surface area contributed by atoms with Gasteiger partial charge in [0.25, 0.3) is 12.4 Å². The average Bonchev–Trinajstić information content (AvgIpc) is 2.17. The summed E-state index contributed by atoms with van der Waals surface area (Å²) in [6.45, 7) is 4.44. The molecule has 0 saturated carbocycles. The molecule has 0 aliphatic carbocycles. The lowest BCUT2D eigenvalue weighted by atomic mass is 9.87. The van der Waals surface area contributed by atoms with Gasteiger partial charge in [-0.2, -0.15) is 0 Å². The van der Waals surface area contributed by atoms with E-state index in [1.165, 1.54) is 6.42 Å². The summed E-state index contributed by atoms with van der Waals surface area (Å²) >= 11 is 0. The van der Waals surface area contributed by atoms with E-state index in [-0.39, 0.29) is 0 Å². The van der Waals surface area contributed by atoms with Crippen molar-refractivity contribution < 1.29 is 0 Å². The highest BCUT2D eigenvalue weighted by atomic mass is 14.6. The molecule has 0 N–H and O–H groups in total. The Morgan fingerprint density at radius 1 is 1.75 bits per heavy atom. The van der Waals surface area contributed by atoms with Gasteiger partial charge in [0, 0.05) is 0 Å². The van der Waals surface area contributed by atoms with Crippen molar-refractivity contribution in [1.29, 1.82) is 0 Å². The Balaban J connectivity index is 2.61. The molecule has 0 fully saturated rings. The van der Waals surface area contributed by atoms with E-state index in [4.69, 9.17) is 0 Å². The quantitative estimate of drug-likeness (QED) is 0.447. The summed E-state index contributed by atoms with van der Waals surface area (Å²) in [6, 6.07) is 0. The van der Waals surface area contributed by atoms with Gasteiger partial charge in [0.05, 0.1) is 11.8 Å². The molecule has 0 spiro atoms. The second-order valence-corrected chi connectivity index (χ2v) is 2.67. The maximum Gasteiger partial charge on any atom is 0.275 e. The summed E-state index contributed by atoms with van der Waals surface area (Å²) in [6.07, 6.45) is 6.37. The van der Waals surface area contributed by atoms with E-state index < -0.39 is 0 Å². The summed E-state index contributed by atoms with van der Waals surface area (Å²) in [5, 5.41) is 0. The molecule has 44 valence electrons. The molecule has 1 nitrogen and oxygen atoms in total. The zero-order chi connectivity index (χ0) is 6.04. The fourth-order valence-corrected chi connectivity index (χ4v) is 0.782. The highest BCUT2D eigenvalue weighted by Gasteiger charge is 2.28. The predicted octanol–water partition coefficient (Wildman–Crippen LogP) is 1.02. The predicted molar refractivity (Wildman–Crippen MR) is 37.3 cm³/mol. The Labute approximate surface area is 50.2 Å². The van der Waals surface area contributed by atoms with Gasteiger partial charge < -0.3 is 0 Å². The first-order valence-corrected chi connectivity index (χ1v) is 3.13. The van der Waals surface area contributed by atoms with Crippen molar-refractivity contribution in [3.63, 3.8) is 0 Å². The topological polar surface area (TPSA) is 14.1 Å². The van der Waals surface area contributed by atoms with Crippen LogP contribution in [0.15, 0.2) is 0 Å². The minimum atomic E-state index is 0.389. The molecule has 1 aliphatic heterocycles. The van der Waals surface area contributed by atoms with Crippen LogP contribution in [0.4, 0.5) is 0 Å². The molecular weight excluding hydrogens is 98.1 g/mol. The SMILES string of the molecule is CCC1(C)C=[N+]=CC1. The second kappa shape index (κ2) is 1.75. The van der Waals surface area contributed by atoms with Gasteiger partial charge in [-0.05, 0) is 13.3 Å². The Morgan fingerprint density at radius 2 is 2.50 bits per heavy atom. The maximum atomic E-state index is 4.06. The van der Waals surface area contributed by atoms with E-state index in [0.29, 0.717) is 5.41 Å². The lowest BCUT2D eigenvalue weighted by Gasteiger charge is -2.08. The fraction of sp³-hybridized carbons (Fsp3) is 0.714. The Kier molecular flexibility index (Phi) is 1.22. The third kappa shape index (κ3) is 0.823. The first-order chi connectivity index (χ1) is 3.77. The van der Waals surface area contributed by atoms with E-state index in [0.717, 1.165) is 6.42 Å². The van der Waals surface area contributed by atoms with Crippen LogP contribution in [-0.4, -0.2) is 12.4 Å². The van der Waals surface area contributed by atoms with Crippen molar-refractivity contribution in [2.24, 2.45) is 5.41 Å². The van der Waals surface area contributed by atoms with Gasteiger partial charge in [0.1, 0.15) is 0 Å². The summed E-state index contributed by atoms with van der Waals surface area (Å²) in [4.78, 5) is 0. The van der Waals surface area contributed by atoms with Crippen LogP contribution in [0.25, 0.3) is 0 Å². The lowest BCUT2D eigenvalue weighted by molar-refractivity contribution is 0.493. The molecule has 0 saturated heterocycles. The number of rotatable bonds is 1. The van der Waals surface area contributed by atoms with Crippen molar-refractivity contribution >= 4 is 12.4 Å². The first-order valence-electron chi connectivity index (χ1n) is 3.13. The monoisotopic (exact) mass is 110 g/mol. The molecule has 1 rings (SSSR count). The Morgan fingerprint density at radius 3 is 2.75 bits per heavy atom. The van der Waals surface area contributed by atoms with Crippen LogP contribution in [0.5, 0.6) is 0 Å². The number of nitrogens with zero attached hydrogens (tertiary/aromatic N) is 1. The van der Waals surface area contributed by atoms with Gasteiger partial charge in [-0.1, -0.05) is 6.92 Å².